The van der Waals surface area contributed by atoms with Crippen LogP contribution in [0, 0.1) is 0 Å². The highest BCUT2D eigenvalue weighted by atomic mass is 32.2. The minimum Gasteiger partial charge on any atom is -0.497 e. The smallest absolute Gasteiger partial charge is 0.315 e. The predicted molar refractivity (Wildman–Crippen MR) is 223 cm³/mol. The van der Waals surface area contributed by atoms with Gasteiger partial charge in [-0.2, -0.15) is 11.8 Å². The SMILES string of the molecule is C=CC[C@](C)(NC(=O)[C@@H]1C[C@@H](Oc2nccc3cc(OC)ccc23)CN1C(=O)[C@H](CNC(=O)C=C)NC(=O)CCCC[C@H]1SC[C@H]2NC(=O)N[C@H]21)C(=O)NS(=O)(=O)C1CC1. The summed E-state index contributed by atoms with van der Waals surface area (Å²) in [6, 6.07) is 4.44. The van der Waals surface area contributed by atoms with Crippen LogP contribution in [0.15, 0.2) is 55.8 Å². The number of hydrogen-bond donors (Lipinski definition) is 6. The molecule has 0 spiro atoms. The first-order valence-corrected chi connectivity index (χ1v) is 22.5. The number of pyridine rings is 1. The fraction of sp³-hybridized carbons (Fsp3) is 0.525. The van der Waals surface area contributed by atoms with Gasteiger partial charge in [0.2, 0.25) is 39.5 Å². The number of carbonyl (C=O) groups is 6. The van der Waals surface area contributed by atoms with Crippen LogP contribution in [0.1, 0.15) is 58.3 Å². The summed E-state index contributed by atoms with van der Waals surface area (Å²) in [5.74, 6) is -1.84. The van der Waals surface area contributed by atoms with Crippen LogP contribution in [0.5, 0.6) is 11.6 Å². The number of urea groups is 1. The van der Waals surface area contributed by atoms with E-state index < -0.39 is 68.5 Å². The fourth-order valence-electron chi connectivity index (χ4n) is 7.65. The van der Waals surface area contributed by atoms with Crippen LogP contribution in [-0.2, 0) is 34.0 Å². The molecule has 3 aliphatic heterocycles. The summed E-state index contributed by atoms with van der Waals surface area (Å²) < 4.78 is 39.3. The highest BCUT2D eigenvalue weighted by molar-refractivity contribution is 8.00. The second kappa shape index (κ2) is 18.9. The van der Waals surface area contributed by atoms with Gasteiger partial charge in [-0.1, -0.05) is 19.1 Å². The molecule has 0 unspecified atom stereocenters. The van der Waals surface area contributed by atoms with Crippen molar-refractivity contribution in [3.05, 3.63) is 55.8 Å². The average Bonchev–Trinajstić information content (AvgIpc) is 3.78. The van der Waals surface area contributed by atoms with Gasteiger partial charge in [0.15, 0.2) is 0 Å². The maximum absolute atomic E-state index is 14.6. The van der Waals surface area contributed by atoms with E-state index in [9.17, 15) is 37.2 Å². The van der Waals surface area contributed by atoms with Crippen LogP contribution in [0.2, 0.25) is 0 Å². The summed E-state index contributed by atoms with van der Waals surface area (Å²) in [5.41, 5.74) is -1.78. The summed E-state index contributed by atoms with van der Waals surface area (Å²) in [7, 11) is -2.43. The van der Waals surface area contributed by atoms with Crippen molar-refractivity contribution in [1.82, 2.24) is 41.2 Å². The fourth-order valence-corrected chi connectivity index (χ4v) is 10.6. The molecule has 1 aliphatic carbocycles. The number of fused-ring (bicyclic) bond motifs is 2. The maximum atomic E-state index is 14.6. The van der Waals surface area contributed by atoms with E-state index in [1.807, 2.05) is 0 Å². The largest absolute Gasteiger partial charge is 0.497 e. The van der Waals surface area contributed by atoms with Gasteiger partial charge < -0.3 is 41.0 Å². The molecule has 6 rings (SSSR count). The Kier molecular flexibility index (Phi) is 13.9. The minimum atomic E-state index is -3.97. The second-order valence-electron chi connectivity index (χ2n) is 15.6. The van der Waals surface area contributed by atoms with Gasteiger partial charge in [-0.05, 0) is 74.8 Å². The Bertz CT molecular complexity index is 2130. The normalized spacial score (nSPS) is 23.5. The van der Waals surface area contributed by atoms with E-state index in [4.69, 9.17) is 9.47 Å². The first-order valence-electron chi connectivity index (χ1n) is 19.9. The Morgan fingerprint density at radius 1 is 1.13 bits per heavy atom. The van der Waals surface area contributed by atoms with Gasteiger partial charge in [-0.15, -0.1) is 6.58 Å². The van der Waals surface area contributed by atoms with Crippen LogP contribution in [0.25, 0.3) is 10.8 Å². The summed E-state index contributed by atoms with van der Waals surface area (Å²) in [5, 5.41) is 14.8. The molecule has 4 aliphatic rings. The molecule has 1 aromatic heterocycles. The van der Waals surface area contributed by atoms with E-state index in [1.165, 1.54) is 17.9 Å². The Morgan fingerprint density at radius 2 is 1.92 bits per heavy atom. The lowest BCUT2D eigenvalue weighted by molar-refractivity contribution is -0.143. The zero-order valence-electron chi connectivity index (χ0n) is 33.6. The number of methoxy groups -OCH3 is 1. The van der Waals surface area contributed by atoms with Crippen molar-refractivity contribution in [2.45, 2.75) is 105 Å². The number of thioether (sulfide) groups is 1. The molecule has 60 heavy (non-hydrogen) atoms. The molecule has 20 heteroatoms. The van der Waals surface area contributed by atoms with Crippen molar-refractivity contribution >= 4 is 68.1 Å². The van der Waals surface area contributed by atoms with Crippen molar-refractivity contribution in [2.75, 3.05) is 26.0 Å². The van der Waals surface area contributed by atoms with Gasteiger partial charge in [0.25, 0.3) is 5.91 Å². The third kappa shape index (κ3) is 10.5. The summed E-state index contributed by atoms with van der Waals surface area (Å²) >= 11 is 1.77. The van der Waals surface area contributed by atoms with Crippen LogP contribution >= 0.6 is 11.8 Å². The summed E-state index contributed by atoms with van der Waals surface area (Å²) in [4.78, 5) is 85.5. The lowest BCUT2D eigenvalue weighted by atomic mass is 9.96. The molecule has 6 N–H and O–H groups in total. The molecule has 2 aromatic rings. The number of rotatable bonds is 20. The number of nitrogens with one attached hydrogen (secondary N) is 6. The molecule has 7 amide bonds. The van der Waals surface area contributed by atoms with E-state index in [0.29, 0.717) is 36.8 Å². The molecular formula is C40H52N8O10S2. The van der Waals surface area contributed by atoms with Gasteiger partial charge >= 0.3 is 6.03 Å². The molecule has 4 fully saturated rings. The van der Waals surface area contributed by atoms with E-state index in [-0.39, 0.29) is 61.6 Å². The highest BCUT2D eigenvalue weighted by Gasteiger charge is 2.47. The van der Waals surface area contributed by atoms with Crippen molar-refractivity contribution < 1.29 is 46.7 Å². The molecule has 1 aromatic carbocycles. The Labute approximate surface area is 352 Å². The molecule has 324 valence electrons. The van der Waals surface area contributed by atoms with Crippen LogP contribution in [0.4, 0.5) is 4.79 Å². The molecule has 0 radical (unpaired) electrons. The molecular weight excluding hydrogens is 817 g/mol. The van der Waals surface area contributed by atoms with Crippen molar-refractivity contribution in [3.8, 4) is 11.6 Å². The van der Waals surface area contributed by atoms with Crippen LogP contribution in [-0.4, -0.2) is 126 Å². The van der Waals surface area contributed by atoms with Gasteiger partial charge in [-0.3, -0.25) is 28.7 Å². The second-order valence-corrected chi connectivity index (χ2v) is 18.8. The zero-order chi connectivity index (χ0) is 43.2. The van der Waals surface area contributed by atoms with Gasteiger partial charge in [-0.25, -0.2) is 18.2 Å². The number of carbonyl (C=O) groups excluding carboxylic acids is 6. The van der Waals surface area contributed by atoms with Gasteiger partial charge in [0, 0.05) is 42.0 Å². The van der Waals surface area contributed by atoms with Crippen LogP contribution in [0.3, 0.4) is 0 Å². The third-order valence-electron chi connectivity index (χ3n) is 11.1. The summed E-state index contributed by atoms with van der Waals surface area (Å²) in [6.07, 6.45) is 5.77. The Morgan fingerprint density at radius 3 is 2.63 bits per heavy atom. The lowest BCUT2D eigenvalue weighted by Gasteiger charge is -2.33. The van der Waals surface area contributed by atoms with Crippen molar-refractivity contribution in [3.63, 3.8) is 0 Å². The number of hydrogen-bond acceptors (Lipinski definition) is 12. The number of nitrogens with zero attached hydrogens (tertiary/aromatic N) is 2. The Hall–Kier alpha value is -5.37. The first-order chi connectivity index (χ1) is 28.6. The number of benzene rings is 1. The van der Waals surface area contributed by atoms with E-state index in [1.54, 1.807) is 49.3 Å². The number of unbranched alkanes of at least 4 members (excludes halogenated alkanes) is 1. The molecule has 18 nitrogen and oxygen atoms in total. The number of amides is 7. The quantitative estimate of drug-likeness (QED) is 0.0476. The molecule has 1 saturated carbocycles. The maximum Gasteiger partial charge on any atom is 0.315 e. The van der Waals surface area contributed by atoms with E-state index in [0.717, 1.165) is 23.6 Å². The topological polar surface area (TPSA) is 243 Å². The third-order valence-corrected chi connectivity index (χ3v) is 14.4. The predicted octanol–water partition coefficient (Wildman–Crippen LogP) is 1.16. The van der Waals surface area contributed by atoms with Crippen molar-refractivity contribution in [1.29, 1.82) is 0 Å². The van der Waals surface area contributed by atoms with Gasteiger partial charge in [0.05, 0.1) is 31.0 Å². The molecule has 7 atom stereocenters. The minimum absolute atomic E-state index is 0.0323. The molecule has 0 bridgehead atoms. The molecule has 4 heterocycles. The lowest BCUT2D eigenvalue weighted by Crippen LogP contribution is -2.62. The van der Waals surface area contributed by atoms with E-state index in [2.05, 4.69) is 49.4 Å². The van der Waals surface area contributed by atoms with Gasteiger partial charge in [0.1, 0.15) is 29.5 Å². The average molecular weight is 869 g/mol. The van der Waals surface area contributed by atoms with Crippen LogP contribution < -0.4 is 40.8 Å². The number of ether oxygens (including phenoxy) is 2. The first kappa shape index (κ1) is 44.2. The zero-order valence-corrected chi connectivity index (χ0v) is 35.2. The standard InChI is InChI=1S/C40H52N8O10S2/c1-5-16-40(3,38(53)47-60(55,56)26-12-13-26)46-35(51)30-19-25(58-36-27-14-11-24(57-4)18-23(27)15-17-41-36)21-48(30)37(52)28(20-42-32(49)6-2)43-33(50)10-8-7-9-31-34-29(22-59-31)44-39(54)45-34/h5-6,11,14-15,17-18,25-26,28-31,34H,1-2,7-10,12-13,16,19-22H2,3-4H3,(H,42,49)(H,43,50)(H,46,51)(H,47,53)(H2,44,45,54)/t25-,28+,29-,30+,31-,34-,40+/m1/s1. The van der Waals surface area contributed by atoms with Crippen molar-refractivity contribution in [2.24, 2.45) is 0 Å². The number of sulfonamides is 1. The van der Waals surface area contributed by atoms with E-state index >= 15 is 0 Å². The Balaban J connectivity index is 1.20. The number of likely N-dealkylation sites (tertiary alicyclic amines) is 1. The summed E-state index contributed by atoms with van der Waals surface area (Å²) in [6.45, 7) is 8.03. The monoisotopic (exact) mass is 868 g/mol. The molecule has 3 saturated heterocycles. The highest BCUT2D eigenvalue weighted by Crippen LogP contribution is 2.34. The number of aromatic nitrogens is 1.